The second kappa shape index (κ2) is 16.3. The van der Waals surface area contributed by atoms with Crippen LogP contribution >= 0.6 is 15.9 Å². The molecule has 2 N–H and O–H groups in total. The predicted octanol–water partition coefficient (Wildman–Crippen LogP) is 4.38. The summed E-state index contributed by atoms with van der Waals surface area (Å²) in [6.45, 7) is 7.56. The number of aliphatic carboxylic acids is 1. The Morgan fingerprint density at radius 2 is 1.71 bits per heavy atom. The van der Waals surface area contributed by atoms with Crippen LogP contribution in [0.5, 0.6) is 0 Å². The van der Waals surface area contributed by atoms with Crippen LogP contribution in [0.4, 0.5) is 19.0 Å². The molecular weight excluding hydrogens is 659 g/mol. The van der Waals surface area contributed by atoms with E-state index in [-0.39, 0.29) is 11.7 Å². The van der Waals surface area contributed by atoms with Gasteiger partial charge in [0.2, 0.25) is 5.82 Å². The van der Waals surface area contributed by atoms with Gasteiger partial charge < -0.3 is 9.84 Å². The Morgan fingerprint density at radius 3 is 2.29 bits per heavy atom. The third-order valence-electron chi connectivity index (χ3n) is 8.22. The molecule has 0 bridgehead atoms. The van der Waals surface area contributed by atoms with Crippen LogP contribution in [0.15, 0.2) is 34.9 Å². The Hall–Kier alpha value is -3.32. The second-order valence-corrected chi connectivity index (χ2v) is 12.2. The van der Waals surface area contributed by atoms with Crippen molar-refractivity contribution in [2.45, 2.75) is 57.3 Å². The smallest absolute Gasteiger partial charge is 0.475 e. The van der Waals surface area contributed by atoms with E-state index in [4.69, 9.17) is 14.6 Å². The van der Waals surface area contributed by atoms with Crippen molar-refractivity contribution in [3.05, 3.63) is 51.9 Å². The third-order valence-corrected chi connectivity index (χ3v) is 8.78. The van der Waals surface area contributed by atoms with Gasteiger partial charge in [0, 0.05) is 44.0 Å². The van der Waals surface area contributed by atoms with Crippen LogP contribution in [0.25, 0.3) is 0 Å². The van der Waals surface area contributed by atoms with Crippen LogP contribution in [-0.2, 0) is 16.1 Å². The number of rotatable bonds is 8. The van der Waals surface area contributed by atoms with Gasteiger partial charge in [-0.1, -0.05) is 25.0 Å². The van der Waals surface area contributed by atoms with Gasteiger partial charge in [-0.25, -0.2) is 9.78 Å². The number of hydrazine groups is 1. The number of piperidine rings is 1. The van der Waals surface area contributed by atoms with Crippen molar-refractivity contribution in [2.75, 3.05) is 50.9 Å². The Balaban J connectivity index is 0.000000591. The average molecular weight is 697 g/mol. The molecule has 45 heavy (non-hydrogen) atoms. The number of carboxylic acids is 1. The van der Waals surface area contributed by atoms with Gasteiger partial charge in [-0.15, -0.1) is 0 Å². The first kappa shape index (κ1) is 34.6. The molecule has 1 aliphatic carbocycles. The number of amides is 1. The van der Waals surface area contributed by atoms with Crippen LogP contribution in [0.3, 0.4) is 0 Å². The predicted molar refractivity (Wildman–Crippen MR) is 162 cm³/mol. The molecule has 3 aliphatic rings. The number of anilines is 1. The summed E-state index contributed by atoms with van der Waals surface area (Å²) < 4.78 is 37.9. The van der Waals surface area contributed by atoms with E-state index in [1.807, 2.05) is 18.2 Å². The van der Waals surface area contributed by atoms with Crippen LogP contribution in [-0.4, -0.2) is 94.9 Å². The van der Waals surface area contributed by atoms with Crippen molar-refractivity contribution < 1.29 is 32.6 Å². The lowest BCUT2D eigenvalue weighted by Crippen LogP contribution is -2.48. The van der Waals surface area contributed by atoms with Crippen molar-refractivity contribution in [3.8, 4) is 6.07 Å². The summed E-state index contributed by atoms with van der Waals surface area (Å²) >= 11 is 3.50. The maximum absolute atomic E-state index is 13.3. The van der Waals surface area contributed by atoms with E-state index in [2.05, 4.69) is 53.3 Å². The van der Waals surface area contributed by atoms with Gasteiger partial charge in [0.1, 0.15) is 6.07 Å². The molecule has 1 amide bonds. The summed E-state index contributed by atoms with van der Waals surface area (Å²) in [6.07, 6.45) is 3.53. The van der Waals surface area contributed by atoms with Crippen molar-refractivity contribution in [3.63, 3.8) is 0 Å². The topological polar surface area (TPSA) is 135 Å². The second-order valence-electron chi connectivity index (χ2n) is 11.3. The Morgan fingerprint density at radius 1 is 1.09 bits per heavy atom. The van der Waals surface area contributed by atoms with Crippen molar-refractivity contribution in [2.24, 2.45) is 5.92 Å². The number of ether oxygens (including phenoxy) is 1. The van der Waals surface area contributed by atoms with Gasteiger partial charge in [0.05, 0.1) is 17.7 Å². The molecular formula is C30H37BrF3N7O4. The monoisotopic (exact) mass is 695 g/mol. The molecule has 1 aromatic heterocycles. The number of halogens is 4. The molecule has 1 aromatic carbocycles. The van der Waals surface area contributed by atoms with Gasteiger partial charge >= 0.3 is 12.1 Å². The molecule has 0 spiro atoms. The summed E-state index contributed by atoms with van der Waals surface area (Å²) in [4.78, 5) is 35.6. The number of alkyl halides is 3. The largest absolute Gasteiger partial charge is 0.490 e. The Bertz CT molecular complexity index is 1320. The number of likely N-dealkylation sites (tertiary alicyclic amines) is 1. The lowest BCUT2D eigenvalue weighted by Gasteiger charge is -2.40. The van der Waals surface area contributed by atoms with Gasteiger partial charge in [-0.2, -0.15) is 23.4 Å². The molecule has 0 unspecified atom stereocenters. The van der Waals surface area contributed by atoms with E-state index in [9.17, 15) is 23.2 Å². The lowest BCUT2D eigenvalue weighted by molar-refractivity contribution is -0.192. The molecule has 0 atom stereocenters. The Labute approximate surface area is 268 Å². The minimum atomic E-state index is -5.08. The number of hydrogen-bond donors (Lipinski definition) is 2. The van der Waals surface area contributed by atoms with Crippen LogP contribution in [0.2, 0.25) is 0 Å². The zero-order valence-electron chi connectivity index (χ0n) is 24.8. The number of hydrogen-bond acceptors (Lipinski definition) is 9. The molecule has 15 heteroatoms. The first-order valence-electron chi connectivity index (χ1n) is 15.0. The zero-order chi connectivity index (χ0) is 32.4. The molecule has 2 aromatic rings. The summed E-state index contributed by atoms with van der Waals surface area (Å²) in [6, 6.07) is 10.6. The van der Waals surface area contributed by atoms with E-state index in [1.165, 1.54) is 31.2 Å². The zero-order valence-corrected chi connectivity index (χ0v) is 26.4. The minimum Gasteiger partial charge on any atom is -0.475 e. The van der Waals surface area contributed by atoms with E-state index < -0.39 is 12.1 Å². The highest BCUT2D eigenvalue weighted by molar-refractivity contribution is 9.10. The van der Waals surface area contributed by atoms with Gasteiger partial charge in [0.15, 0.2) is 5.82 Å². The number of nitrogens with zero attached hydrogens (tertiary/aromatic N) is 6. The van der Waals surface area contributed by atoms with E-state index in [0.717, 1.165) is 58.8 Å². The molecule has 0 radical (unpaired) electrons. The van der Waals surface area contributed by atoms with Gasteiger partial charge in [-0.3, -0.25) is 25.0 Å². The SMILES string of the molecule is N#Cc1ncc(Br)c(N(CC2CCCC2)NC(=O)c2ccc(CN3CCC(N4CCOCC4)CC3)cc2)n1.O=C(O)C(F)(F)F. The molecule has 5 rings (SSSR count). The van der Waals surface area contributed by atoms with Gasteiger partial charge in [-0.05, 0) is 78.3 Å². The van der Waals surface area contributed by atoms with Gasteiger partial charge in [0.25, 0.3) is 5.91 Å². The summed E-state index contributed by atoms with van der Waals surface area (Å²) in [5.41, 5.74) is 4.86. The number of benzene rings is 1. The summed E-state index contributed by atoms with van der Waals surface area (Å²) in [5.74, 6) is -1.89. The van der Waals surface area contributed by atoms with Crippen LogP contribution in [0, 0.1) is 17.2 Å². The summed E-state index contributed by atoms with van der Waals surface area (Å²) in [7, 11) is 0. The Kier molecular flexibility index (Phi) is 12.5. The molecule has 244 valence electrons. The minimum absolute atomic E-state index is 0.0761. The average Bonchev–Trinajstić information content (AvgIpc) is 3.55. The standard InChI is InChI=1S/C28H36BrN7O2.C2HF3O2/c29-25-18-31-26(17-30)32-27(25)36(20-21-3-1-2-4-21)33-28(37)23-7-5-22(6-8-23)19-34-11-9-24(10-12-34)35-13-15-38-16-14-35;3-2(4,5)1(6)7/h5-8,18,21,24H,1-4,9-16,19-20H2,(H,33,37);(H,6,7). The number of carbonyl (C=O) groups excluding carboxylic acids is 1. The normalized spacial score (nSPS) is 18.5. The molecule has 3 heterocycles. The van der Waals surface area contributed by atoms with E-state index in [1.54, 1.807) is 11.2 Å². The molecule has 3 fully saturated rings. The third kappa shape index (κ3) is 10.4. The fraction of sp³-hybridized carbons (Fsp3) is 0.567. The van der Waals surface area contributed by atoms with Crippen molar-refractivity contribution in [1.29, 1.82) is 5.26 Å². The first-order chi connectivity index (χ1) is 21.5. The number of nitriles is 1. The lowest BCUT2D eigenvalue weighted by atomic mass is 10.0. The quantitative estimate of drug-likeness (QED) is 0.383. The van der Waals surface area contributed by atoms with E-state index >= 15 is 0 Å². The van der Waals surface area contributed by atoms with E-state index in [0.29, 0.717) is 34.4 Å². The molecule has 11 nitrogen and oxygen atoms in total. The maximum atomic E-state index is 13.3. The highest BCUT2D eigenvalue weighted by atomic mass is 79.9. The van der Waals surface area contributed by atoms with Crippen molar-refractivity contribution >= 4 is 33.6 Å². The highest BCUT2D eigenvalue weighted by Crippen LogP contribution is 2.29. The highest BCUT2D eigenvalue weighted by Gasteiger charge is 2.38. The first-order valence-corrected chi connectivity index (χ1v) is 15.8. The summed E-state index contributed by atoms with van der Waals surface area (Å²) in [5, 5.41) is 18.2. The maximum Gasteiger partial charge on any atom is 0.490 e. The number of nitrogens with one attached hydrogen (secondary N) is 1. The number of aromatic nitrogens is 2. The fourth-order valence-electron chi connectivity index (χ4n) is 5.83. The molecule has 2 aliphatic heterocycles. The molecule has 2 saturated heterocycles. The van der Waals surface area contributed by atoms with Crippen LogP contribution < -0.4 is 10.4 Å². The number of morpholine rings is 1. The number of carbonyl (C=O) groups is 2. The fourth-order valence-corrected chi connectivity index (χ4v) is 6.23. The molecule has 1 saturated carbocycles. The van der Waals surface area contributed by atoms with Crippen molar-refractivity contribution in [1.82, 2.24) is 25.2 Å². The van der Waals surface area contributed by atoms with Crippen LogP contribution in [0.1, 0.15) is 60.3 Å². The number of carboxylic acid groups (broad SMARTS) is 1.